The molecule has 23 heavy (non-hydrogen) atoms. The molecule has 0 atom stereocenters. The lowest BCUT2D eigenvalue weighted by atomic mass is 10.1. The molecule has 0 radical (unpaired) electrons. The van der Waals surface area contributed by atoms with Crippen LogP contribution in [0, 0.1) is 6.92 Å². The number of hydrogen-bond donors (Lipinski definition) is 1. The van der Waals surface area contributed by atoms with Crippen molar-refractivity contribution in [1.29, 1.82) is 0 Å². The third-order valence-electron chi connectivity index (χ3n) is 3.50. The first-order valence-corrected chi connectivity index (χ1v) is 7.96. The molecule has 118 valence electrons. The Morgan fingerprint density at radius 1 is 1.22 bits per heavy atom. The SMILES string of the molecule is Cc1ccc(C(=O)NCCc2cn3cc(Cl)cc(Cl)c3n2)cc1. The number of nitrogens with one attached hydrogen (secondary N) is 1. The van der Waals surface area contributed by atoms with E-state index < -0.39 is 0 Å². The number of rotatable bonds is 4. The third kappa shape index (κ3) is 3.66. The Bertz CT molecular complexity index is 856. The summed E-state index contributed by atoms with van der Waals surface area (Å²) in [5, 5.41) is 3.95. The van der Waals surface area contributed by atoms with Crippen LogP contribution in [-0.2, 0) is 6.42 Å². The summed E-state index contributed by atoms with van der Waals surface area (Å²) in [4.78, 5) is 16.5. The lowest BCUT2D eigenvalue weighted by molar-refractivity contribution is 0.0954. The first-order valence-electron chi connectivity index (χ1n) is 7.20. The number of carbonyl (C=O) groups excluding carboxylic acids is 1. The van der Waals surface area contributed by atoms with Crippen LogP contribution in [0.15, 0.2) is 42.7 Å². The van der Waals surface area contributed by atoms with E-state index in [1.165, 1.54) is 0 Å². The monoisotopic (exact) mass is 347 g/mol. The van der Waals surface area contributed by atoms with E-state index in [0.717, 1.165) is 11.3 Å². The van der Waals surface area contributed by atoms with Gasteiger partial charge in [0, 0.05) is 30.9 Å². The van der Waals surface area contributed by atoms with Gasteiger partial charge in [0.2, 0.25) is 0 Å². The summed E-state index contributed by atoms with van der Waals surface area (Å²) < 4.78 is 1.79. The predicted molar refractivity (Wildman–Crippen MR) is 92.4 cm³/mol. The zero-order valence-electron chi connectivity index (χ0n) is 12.5. The number of imidazole rings is 1. The quantitative estimate of drug-likeness (QED) is 0.777. The largest absolute Gasteiger partial charge is 0.352 e. The first-order chi connectivity index (χ1) is 11.0. The molecular weight excluding hydrogens is 333 g/mol. The van der Waals surface area contributed by atoms with Crippen LogP contribution in [0.4, 0.5) is 0 Å². The number of benzene rings is 1. The summed E-state index contributed by atoms with van der Waals surface area (Å²) >= 11 is 12.1. The Labute approximate surface area is 144 Å². The zero-order valence-corrected chi connectivity index (χ0v) is 14.0. The Hall–Kier alpha value is -2.04. The molecule has 0 bridgehead atoms. The van der Waals surface area contributed by atoms with Crippen molar-refractivity contribution in [2.24, 2.45) is 0 Å². The van der Waals surface area contributed by atoms with Crippen molar-refractivity contribution in [3.63, 3.8) is 0 Å². The molecule has 0 unspecified atom stereocenters. The van der Waals surface area contributed by atoms with Crippen molar-refractivity contribution in [3.05, 3.63) is 69.6 Å². The lowest BCUT2D eigenvalue weighted by Crippen LogP contribution is -2.25. The maximum atomic E-state index is 12.0. The number of nitrogens with zero attached hydrogens (tertiary/aromatic N) is 2. The van der Waals surface area contributed by atoms with E-state index in [4.69, 9.17) is 23.2 Å². The molecule has 0 saturated carbocycles. The molecular formula is C17H15Cl2N3O. The normalized spacial score (nSPS) is 10.9. The van der Waals surface area contributed by atoms with E-state index in [-0.39, 0.29) is 5.91 Å². The molecule has 6 heteroatoms. The van der Waals surface area contributed by atoms with Gasteiger partial charge in [0.1, 0.15) is 0 Å². The summed E-state index contributed by atoms with van der Waals surface area (Å²) in [6, 6.07) is 9.13. The minimum Gasteiger partial charge on any atom is -0.352 e. The second-order valence-corrected chi connectivity index (χ2v) is 6.18. The highest BCUT2D eigenvalue weighted by atomic mass is 35.5. The van der Waals surface area contributed by atoms with E-state index in [1.54, 1.807) is 16.7 Å². The molecule has 0 aliphatic carbocycles. The second-order valence-electron chi connectivity index (χ2n) is 5.34. The molecule has 2 aromatic heterocycles. The highest BCUT2D eigenvalue weighted by Gasteiger charge is 2.08. The van der Waals surface area contributed by atoms with Crippen LogP contribution >= 0.6 is 23.2 Å². The van der Waals surface area contributed by atoms with Crippen LogP contribution < -0.4 is 5.32 Å². The van der Waals surface area contributed by atoms with Crippen molar-refractivity contribution >= 4 is 34.8 Å². The van der Waals surface area contributed by atoms with Crippen LogP contribution in [0.5, 0.6) is 0 Å². The van der Waals surface area contributed by atoms with Gasteiger partial charge < -0.3 is 9.72 Å². The molecule has 4 nitrogen and oxygen atoms in total. The van der Waals surface area contributed by atoms with E-state index >= 15 is 0 Å². The summed E-state index contributed by atoms with van der Waals surface area (Å²) in [5.41, 5.74) is 3.29. The van der Waals surface area contributed by atoms with Gasteiger partial charge in [-0.3, -0.25) is 4.79 Å². The lowest BCUT2D eigenvalue weighted by Gasteiger charge is -2.04. The number of aromatic nitrogens is 2. The van der Waals surface area contributed by atoms with Crippen LogP contribution in [-0.4, -0.2) is 21.8 Å². The van der Waals surface area contributed by atoms with Crippen molar-refractivity contribution in [2.45, 2.75) is 13.3 Å². The highest BCUT2D eigenvalue weighted by Crippen LogP contribution is 2.21. The minimum absolute atomic E-state index is 0.0881. The summed E-state index contributed by atoms with van der Waals surface area (Å²) in [5.74, 6) is -0.0881. The molecule has 2 heterocycles. The topological polar surface area (TPSA) is 46.4 Å². The van der Waals surface area contributed by atoms with Gasteiger partial charge in [-0.2, -0.15) is 0 Å². The molecule has 0 aliphatic heterocycles. The number of pyridine rings is 1. The average molecular weight is 348 g/mol. The third-order valence-corrected chi connectivity index (χ3v) is 3.99. The van der Waals surface area contributed by atoms with E-state index in [9.17, 15) is 4.79 Å². The summed E-state index contributed by atoms with van der Waals surface area (Å²) in [7, 11) is 0. The number of halogens is 2. The predicted octanol–water partition coefficient (Wildman–Crippen LogP) is 3.92. The Balaban J connectivity index is 1.63. The van der Waals surface area contributed by atoms with Gasteiger partial charge in [-0.25, -0.2) is 4.98 Å². The average Bonchev–Trinajstić information content (AvgIpc) is 2.91. The van der Waals surface area contributed by atoms with Crippen molar-refractivity contribution in [1.82, 2.24) is 14.7 Å². The Morgan fingerprint density at radius 2 is 1.96 bits per heavy atom. The Morgan fingerprint density at radius 3 is 2.70 bits per heavy atom. The van der Waals surface area contributed by atoms with Crippen LogP contribution in [0.1, 0.15) is 21.6 Å². The summed E-state index contributed by atoms with van der Waals surface area (Å²) in [6.45, 7) is 2.49. The zero-order chi connectivity index (χ0) is 16.4. The smallest absolute Gasteiger partial charge is 0.251 e. The molecule has 0 aliphatic rings. The molecule has 1 aromatic carbocycles. The van der Waals surface area contributed by atoms with Gasteiger partial charge in [0.25, 0.3) is 5.91 Å². The van der Waals surface area contributed by atoms with Crippen molar-refractivity contribution in [3.8, 4) is 0 Å². The highest BCUT2D eigenvalue weighted by molar-refractivity contribution is 6.36. The standard InChI is InChI=1S/C17H15Cl2N3O/c1-11-2-4-12(5-3-11)17(23)20-7-6-14-10-22-9-13(18)8-15(19)16(22)21-14/h2-5,8-10H,6-7H2,1H3,(H,20,23). The van der Waals surface area contributed by atoms with Crippen LogP contribution in [0.25, 0.3) is 5.65 Å². The van der Waals surface area contributed by atoms with E-state index in [0.29, 0.717) is 34.2 Å². The molecule has 0 spiro atoms. The second kappa shape index (κ2) is 6.60. The number of fused-ring (bicyclic) bond motifs is 1. The van der Waals surface area contributed by atoms with E-state index in [2.05, 4.69) is 10.3 Å². The fraction of sp³-hybridized carbons (Fsp3) is 0.176. The van der Waals surface area contributed by atoms with Crippen molar-refractivity contribution < 1.29 is 4.79 Å². The minimum atomic E-state index is -0.0881. The maximum Gasteiger partial charge on any atom is 0.251 e. The number of amides is 1. The molecule has 3 rings (SSSR count). The fourth-order valence-electron chi connectivity index (χ4n) is 2.31. The van der Waals surface area contributed by atoms with Crippen molar-refractivity contribution in [2.75, 3.05) is 6.54 Å². The maximum absolute atomic E-state index is 12.0. The van der Waals surface area contributed by atoms with Gasteiger partial charge in [-0.15, -0.1) is 0 Å². The van der Waals surface area contributed by atoms with Gasteiger partial charge in [-0.1, -0.05) is 40.9 Å². The van der Waals surface area contributed by atoms with Gasteiger partial charge >= 0.3 is 0 Å². The molecule has 1 N–H and O–H groups in total. The summed E-state index contributed by atoms with van der Waals surface area (Å²) in [6.07, 6.45) is 4.24. The number of carbonyl (C=O) groups is 1. The number of aryl methyl sites for hydroxylation is 1. The van der Waals surface area contributed by atoms with Crippen LogP contribution in [0.2, 0.25) is 10.0 Å². The molecule has 0 saturated heterocycles. The van der Waals surface area contributed by atoms with Gasteiger partial charge in [0.15, 0.2) is 5.65 Å². The van der Waals surface area contributed by atoms with Gasteiger partial charge in [-0.05, 0) is 25.1 Å². The molecule has 1 amide bonds. The number of hydrogen-bond acceptors (Lipinski definition) is 2. The van der Waals surface area contributed by atoms with E-state index in [1.807, 2.05) is 37.4 Å². The van der Waals surface area contributed by atoms with Gasteiger partial charge in [0.05, 0.1) is 15.7 Å². The Kier molecular flexibility index (Phi) is 4.55. The van der Waals surface area contributed by atoms with Crippen LogP contribution in [0.3, 0.4) is 0 Å². The fourth-order valence-corrected chi connectivity index (χ4v) is 2.83. The first kappa shape index (κ1) is 15.8. The molecule has 0 fully saturated rings. The molecule has 3 aromatic rings.